The van der Waals surface area contributed by atoms with Gasteiger partial charge in [-0.1, -0.05) is 40.5 Å². The van der Waals surface area contributed by atoms with Crippen molar-refractivity contribution in [3.63, 3.8) is 0 Å². The first kappa shape index (κ1) is 9.57. The van der Waals surface area contributed by atoms with Crippen LogP contribution >= 0.6 is 21.6 Å². The molecule has 0 radical (unpaired) electrons. The Morgan fingerprint density at radius 1 is 1.50 bits per heavy atom. The molecule has 0 atom stereocenters. The first-order valence-corrected chi connectivity index (χ1v) is 6.05. The zero-order valence-corrected chi connectivity index (χ0v) is 8.54. The molecule has 0 nitrogen and oxygen atoms in total. The summed E-state index contributed by atoms with van der Waals surface area (Å²) in [5.74, 6) is 3.74. The van der Waals surface area contributed by atoms with Crippen molar-refractivity contribution in [1.82, 2.24) is 0 Å². The molecule has 0 aliphatic heterocycles. The molecule has 0 saturated heterocycles. The molecule has 0 saturated carbocycles. The van der Waals surface area contributed by atoms with Crippen LogP contribution in [0.5, 0.6) is 0 Å². The highest BCUT2D eigenvalue weighted by molar-refractivity contribution is 8.76. The average Bonchev–Trinajstić information content (AvgIpc) is 2.15. The second-order valence-electron chi connectivity index (χ2n) is 2.16. The Bertz CT molecular complexity index is 286. The Balaban J connectivity index is 2.68. The van der Waals surface area contributed by atoms with Crippen LogP contribution in [-0.4, -0.2) is 5.75 Å². The van der Waals surface area contributed by atoms with Crippen molar-refractivity contribution in [2.45, 2.75) is 11.8 Å². The fourth-order valence-corrected chi connectivity index (χ4v) is 2.40. The Hall–Kier alpha value is -0.520. The van der Waals surface area contributed by atoms with E-state index in [1.165, 1.54) is 4.90 Å². The van der Waals surface area contributed by atoms with Crippen LogP contribution in [-0.2, 0) is 0 Å². The summed E-state index contributed by atoms with van der Waals surface area (Å²) in [6.07, 6.45) is 5.28. The van der Waals surface area contributed by atoms with Crippen LogP contribution < -0.4 is 0 Å². The number of hydrogen-bond acceptors (Lipinski definition) is 2. The highest BCUT2D eigenvalue weighted by Crippen LogP contribution is 2.30. The zero-order chi connectivity index (χ0) is 8.81. The highest BCUT2D eigenvalue weighted by Gasteiger charge is 1.93. The SMILES string of the molecule is C#Cc1cccc(SSCC)c1. The van der Waals surface area contributed by atoms with E-state index in [4.69, 9.17) is 6.42 Å². The fourth-order valence-electron chi connectivity index (χ4n) is 0.765. The fraction of sp³-hybridized carbons (Fsp3) is 0.200. The molecule has 0 amide bonds. The molecule has 0 unspecified atom stereocenters. The summed E-state index contributed by atoms with van der Waals surface area (Å²) in [7, 11) is 3.60. The topological polar surface area (TPSA) is 0 Å². The molecule has 0 fully saturated rings. The van der Waals surface area contributed by atoms with E-state index >= 15 is 0 Å². The van der Waals surface area contributed by atoms with Gasteiger partial charge >= 0.3 is 0 Å². The summed E-state index contributed by atoms with van der Waals surface area (Å²) in [6, 6.07) is 8.05. The van der Waals surface area contributed by atoms with E-state index in [9.17, 15) is 0 Å². The molecule has 0 aliphatic carbocycles. The van der Waals surface area contributed by atoms with E-state index in [-0.39, 0.29) is 0 Å². The summed E-state index contributed by atoms with van der Waals surface area (Å²) >= 11 is 0. The maximum Gasteiger partial charge on any atom is 0.0254 e. The van der Waals surface area contributed by atoms with Gasteiger partial charge in [0.15, 0.2) is 0 Å². The molecule has 2 heteroatoms. The summed E-state index contributed by atoms with van der Waals surface area (Å²) in [5.41, 5.74) is 0.955. The molecule has 0 bridgehead atoms. The molecule has 0 heterocycles. The van der Waals surface area contributed by atoms with Crippen LogP contribution in [0, 0.1) is 12.3 Å². The van der Waals surface area contributed by atoms with Crippen LogP contribution in [0.25, 0.3) is 0 Å². The van der Waals surface area contributed by atoms with Crippen molar-refractivity contribution >= 4 is 21.6 Å². The van der Waals surface area contributed by atoms with Crippen molar-refractivity contribution in [2.24, 2.45) is 0 Å². The summed E-state index contributed by atoms with van der Waals surface area (Å²) < 4.78 is 0. The van der Waals surface area contributed by atoms with Crippen molar-refractivity contribution in [1.29, 1.82) is 0 Å². The third-order valence-corrected chi connectivity index (χ3v) is 3.71. The summed E-state index contributed by atoms with van der Waals surface area (Å²) in [5, 5.41) is 0. The molecule has 1 aromatic rings. The number of hydrogen-bond donors (Lipinski definition) is 0. The Labute approximate surface area is 81.5 Å². The van der Waals surface area contributed by atoms with Crippen molar-refractivity contribution in [2.75, 3.05) is 5.75 Å². The lowest BCUT2D eigenvalue weighted by Crippen LogP contribution is -1.73. The smallest absolute Gasteiger partial charge is 0.0254 e. The van der Waals surface area contributed by atoms with Crippen LogP contribution in [0.3, 0.4) is 0 Å². The van der Waals surface area contributed by atoms with Crippen molar-refractivity contribution in [3.05, 3.63) is 29.8 Å². The van der Waals surface area contributed by atoms with E-state index in [1.807, 2.05) is 29.0 Å². The van der Waals surface area contributed by atoms with E-state index in [2.05, 4.69) is 18.9 Å². The monoisotopic (exact) mass is 194 g/mol. The Morgan fingerprint density at radius 2 is 2.33 bits per heavy atom. The van der Waals surface area contributed by atoms with Gasteiger partial charge in [-0.2, -0.15) is 0 Å². The third kappa shape index (κ3) is 2.84. The molecular formula is C10H10S2. The highest BCUT2D eigenvalue weighted by atomic mass is 33.1. The lowest BCUT2D eigenvalue weighted by Gasteiger charge is -1.98. The molecule has 12 heavy (non-hydrogen) atoms. The summed E-state index contributed by atoms with van der Waals surface area (Å²) in [4.78, 5) is 1.23. The first-order valence-electron chi connectivity index (χ1n) is 3.73. The second kappa shape index (κ2) is 5.18. The van der Waals surface area contributed by atoms with E-state index in [0.29, 0.717) is 0 Å². The molecule has 1 rings (SSSR count). The minimum absolute atomic E-state index is 0.955. The molecule has 0 aliphatic rings. The van der Waals surface area contributed by atoms with Gasteiger partial charge in [0, 0.05) is 16.2 Å². The van der Waals surface area contributed by atoms with Gasteiger partial charge in [0.1, 0.15) is 0 Å². The molecular weight excluding hydrogens is 184 g/mol. The molecule has 0 aromatic heterocycles. The van der Waals surface area contributed by atoms with Gasteiger partial charge in [0.05, 0.1) is 0 Å². The molecule has 0 N–H and O–H groups in total. The summed E-state index contributed by atoms with van der Waals surface area (Å²) in [6.45, 7) is 2.14. The quantitative estimate of drug-likeness (QED) is 0.534. The van der Waals surface area contributed by atoms with Crippen LogP contribution in [0.4, 0.5) is 0 Å². The zero-order valence-electron chi connectivity index (χ0n) is 6.91. The van der Waals surface area contributed by atoms with E-state index < -0.39 is 0 Å². The molecule has 1 aromatic carbocycles. The van der Waals surface area contributed by atoms with Gasteiger partial charge in [0.2, 0.25) is 0 Å². The van der Waals surface area contributed by atoms with Crippen LogP contribution in [0.15, 0.2) is 29.2 Å². The largest absolute Gasteiger partial charge is 0.115 e. The molecule has 0 spiro atoms. The van der Waals surface area contributed by atoms with Gasteiger partial charge in [-0.25, -0.2) is 0 Å². The Morgan fingerprint density at radius 3 is 3.00 bits per heavy atom. The maximum atomic E-state index is 5.28. The number of rotatable bonds is 3. The van der Waals surface area contributed by atoms with Crippen LogP contribution in [0.2, 0.25) is 0 Å². The van der Waals surface area contributed by atoms with Gasteiger partial charge in [-0.15, -0.1) is 6.42 Å². The second-order valence-corrected chi connectivity index (χ2v) is 4.82. The average molecular weight is 194 g/mol. The predicted molar refractivity (Wildman–Crippen MR) is 58.4 cm³/mol. The predicted octanol–water partition coefficient (Wildman–Crippen LogP) is 3.43. The van der Waals surface area contributed by atoms with Gasteiger partial charge in [-0.3, -0.25) is 0 Å². The van der Waals surface area contributed by atoms with Crippen LogP contribution in [0.1, 0.15) is 12.5 Å². The third-order valence-electron chi connectivity index (χ3n) is 1.27. The van der Waals surface area contributed by atoms with Gasteiger partial charge < -0.3 is 0 Å². The van der Waals surface area contributed by atoms with Gasteiger partial charge in [0.25, 0.3) is 0 Å². The minimum atomic E-state index is 0.955. The normalized spacial score (nSPS) is 9.33. The maximum absolute atomic E-state index is 5.28. The first-order chi connectivity index (χ1) is 5.86. The number of terminal acetylenes is 1. The Kier molecular flexibility index (Phi) is 4.13. The van der Waals surface area contributed by atoms with E-state index in [1.54, 1.807) is 10.8 Å². The lowest BCUT2D eigenvalue weighted by molar-refractivity contribution is 1.45. The lowest BCUT2D eigenvalue weighted by atomic mass is 10.2. The van der Waals surface area contributed by atoms with Gasteiger partial charge in [-0.05, 0) is 18.2 Å². The minimum Gasteiger partial charge on any atom is -0.115 e. The van der Waals surface area contributed by atoms with Crippen molar-refractivity contribution in [3.8, 4) is 12.3 Å². The van der Waals surface area contributed by atoms with E-state index in [0.717, 1.165) is 11.3 Å². The number of benzene rings is 1. The molecule has 62 valence electrons. The van der Waals surface area contributed by atoms with Crippen molar-refractivity contribution < 1.29 is 0 Å². The standard InChI is InChI=1S/C10H10S2/c1-3-9-6-5-7-10(8-9)12-11-4-2/h1,5-8H,4H2,2H3.